The van der Waals surface area contributed by atoms with Gasteiger partial charge in [-0.15, -0.1) is 11.3 Å². The van der Waals surface area contributed by atoms with Crippen molar-refractivity contribution in [1.82, 2.24) is 13.9 Å². The van der Waals surface area contributed by atoms with Crippen molar-refractivity contribution in [2.75, 3.05) is 32.7 Å². The van der Waals surface area contributed by atoms with E-state index in [4.69, 9.17) is 0 Å². The highest BCUT2D eigenvalue weighted by Gasteiger charge is 2.32. The van der Waals surface area contributed by atoms with Crippen molar-refractivity contribution < 1.29 is 8.42 Å². The minimum atomic E-state index is -3.40. The zero-order chi connectivity index (χ0) is 17.2. The third-order valence-corrected chi connectivity index (χ3v) is 7.57. The van der Waals surface area contributed by atoms with E-state index in [0.717, 1.165) is 19.5 Å². The summed E-state index contributed by atoms with van der Waals surface area (Å²) < 4.78 is 30.1. The van der Waals surface area contributed by atoms with E-state index < -0.39 is 10.2 Å². The Bertz CT molecular complexity index is 602. The zero-order valence-corrected chi connectivity index (χ0v) is 16.3. The second kappa shape index (κ2) is 7.83. The molecule has 3 heterocycles. The van der Waals surface area contributed by atoms with Gasteiger partial charge in [0, 0.05) is 24.5 Å². The van der Waals surface area contributed by atoms with Crippen LogP contribution in [-0.4, -0.2) is 50.3 Å². The normalized spacial score (nSPS) is 28.2. The highest BCUT2D eigenvalue weighted by molar-refractivity contribution is 7.87. The maximum absolute atomic E-state index is 12.8. The van der Waals surface area contributed by atoms with Gasteiger partial charge in [-0.25, -0.2) is 4.72 Å². The van der Waals surface area contributed by atoms with Crippen LogP contribution in [0.15, 0.2) is 17.5 Å². The average molecular weight is 372 g/mol. The fourth-order valence-corrected chi connectivity index (χ4v) is 6.33. The third kappa shape index (κ3) is 4.38. The quantitative estimate of drug-likeness (QED) is 0.836. The number of nitrogens with zero attached hydrogens (tertiary/aromatic N) is 2. The van der Waals surface area contributed by atoms with Gasteiger partial charge in [0.25, 0.3) is 10.2 Å². The predicted octanol–water partition coefficient (Wildman–Crippen LogP) is 2.70. The van der Waals surface area contributed by atoms with E-state index in [1.807, 2.05) is 6.07 Å². The fourth-order valence-electron chi connectivity index (χ4n) is 4.02. The first kappa shape index (κ1) is 18.3. The molecule has 0 radical (unpaired) electrons. The first-order valence-corrected chi connectivity index (χ1v) is 11.3. The van der Waals surface area contributed by atoms with E-state index in [9.17, 15) is 8.42 Å². The number of hydrogen-bond acceptors (Lipinski definition) is 4. The number of thiophene rings is 1. The number of likely N-dealkylation sites (tertiary alicyclic amines) is 1. The van der Waals surface area contributed by atoms with E-state index in [1.165, 1.54) is 17.7 Å². The van der Waals surface area contributed by atoms with Crippen LogP contribution in [0.2, 0.25) is 0 Å². The molecule has 0 bridgehead atoms. The molecule has 7 heteroatoms. The summed E-state index contributed by atoms with van der Waals surface area (Å²) in [5, 5.41) is 2.07. The molecule has 2 fully saturated rings. The van der Waals surface area contributed by atoms with Gasteiger partial charge in [-0.1, -0.05) is 19.9 Å². The van der Waals surface area contributed by atoms with Gasteiger partial charge >= 0.3 is 0 Å². The van der Waals surface area contributed by atoms with Gasteiger partial charge in [-0.05, 0) is 55.6 Å². The molecular formula is C17H29N3O2S2. The summed E-state index contributed by atoms with van der Waals surface area (Å²) in [6.07, 6.45) is 3.52. The van der Waals surface area contributed by atoms with E-state index >= 15 is 0 Å². The van der Waals surface area contributed by atoms with Crippen LogP contribution in [0.25, 0.3) is 0 Å². The van der Waals surface area contributed by atoms with Gasteiger partial charge in [0.15, 0.2) is 0 Å². The van der Waals surface area contributed by atoms with Crippen molar-refractivity contribution in [3.05, 3.63) is 22.4 Å². The Morgan fingerprint density at radius 3 is 2.50 bits per heavy atom. The van der Waals surface area contributed by atoms with Gasteiger partial charge in [-0.2, -0.15) is 12.7 Å². The van der Waals surface area contributed by atoms with Crippen LogP contribution in [0.5, 0.6) is 0 Å². The molecule has 2 aliphatic heterocycles. The number of nitrogens with one attached hydrogen (secondary N) is 1. The van der Waals surface area contributed by atoms with E-state index in [0.29, 0.717) is 31.5 Å². The molecule has 5 nitrogen and oxygen atoms in total. The van der Waals surface area contributed by atoms with E-state index in [2.05, 4.69) is 34.9 Å². The lowest BCUT2D eigenvalue weighted by Crippen LogP contribution is -2.49. The minimum absolute atomic E-state index is 0.155. The maximum Gasteiger partial charge on any atom is 0.279 e. The molecule has 1 N–H and O–H groups in total. The van der Waals surface area contributed by atoms with Crippen LogP contribution >= 0.6 is 11.3 Å². The van der Waals surface area contributed by atoms with Crippen molar-refractivity contribution in [2.45, 2.75) is 39.2 Å². The Morgan fingerprint density at radius 1 is 1.25 bits per heavy atom. The van der Waals surface area contributed by atoms with Crippen molar-refractivity contribution >= 4 is 21.5 Å². The molecule has 1 aromatic heterocycles. The first-order chi connectivity index (χ1) is 11.5. The Balaban J connectivity index is 1.67. The summed E-state index contributed by atoms with van der Waals surface area (Å²) in [5.74, 6) is 0.856. The van der Waals surface area contributed by atoms with Crippen LogP contribution in [0.4, 0.5) is 0 Å². The molecule has 0 aliphatic carbocycles. The molecule has 3 unspecified atom stereocenters. The second-order valence-corrected chi connectivity index (χ2v) is 10.1. The lowest BCUT2D eigenvalue weighted by molar-refractivity contribution is 0.216. The Hall–Kier alpha value is -0.470. The summed E-state index contributed by atoms with van der Waals surface area (Å²) in [4.78, 5) is 3.66. The smallest absolute Gasteiger partial charge is 0.279 e. The molecule has 2 saturated heterocycles. The molecule has 0 aromatic carbocycles. The Kier molecular flexibility index (Phi) is 5.98. The van der Waals surface area contributed by atoms with Crippen LogP contribution in [-0.2, 0) is 10.2 Å². The van der Waals surface area contributed by atoms with Gasteiger partial charge < -0.3 is 0 Å². The van der Waals surface area contributed by atoms with Gasteiger partial charge in [0.1, 0.15) is 0 Å². The van der Waals surface area contributed by atoms with Crippen LogP contribution in [0.3, 0.4) is 0 Å². The Labute approximate surface area is 150 Å². The topological polar surface area (TPSA) is 52.7 Å². The molecular weight excluding hydrogens is 342 g/mol. The fraction of sp³-hybridized carbons (Fsp3) is 0.765. The van der Waals surface area contributed by atoms with Gasteiger partial charge in [0.05, 0.1) is 6.04 Å². The molecule has 136 valence electrons. The molecule has 24 heavy (non-hydrogen) atoms. The third-order valence-electron chi connectivity index (χ3n) is 5.09. The second-order valence-electron chi connectivity index (χ2n) is 7.39. The predicted molar refractivity (Wildman–Crippen MR) is 99.3 cm³/mol. The largest absolute Gasteiger partial charge is 0.294 e. The number of hydrogen-bond donors (Lipinski definition) is 1. The van der Waals surface area contributed by atoms with E-state index in [-0.39, 0.29) is 6.04 Å². The van der Waals surface area contributed by atoms with Crippen molar-refractivity contribution in [3.8, 4) is 0 Å². The molecule has 2 aliphatic rings. The maximum atomic E-state index is 12.8. The van der Waals surface area contributed by atoms with Crippen molar-refractivity contribution in [2.24, 2.45) is 11.8 Å². The lowest BCUT2D eigenvalue weighted by atomic mass is 9.94. The molecule has 3 atom stereocenters. The SMILES string of the molecule is CC1CC(C)CN(S(=O)(=O)NCC(c2cccs2)N2CCCC2)C1. The molecule has 3 rings (SSSR count). The monoisotopic (exact) mass is 371 g/mol. The molecule has 0 spiro atoms. The summed E-state index contributed by atoms with van der Waals surface area (Å²) >= 11 is 1.71. The summed E-state index contributed by atoms with van der Waals surface area (Å²) in [7, 11) is -3.40. The van der Waals surface area contributed by atoms with Crippen LogP contribution in [0, 0.1) is 11.8 Å². The van der Waals surface area contributed by atoms with Gasteiger partial charge in [0.2, 0.25) is 0 Å². The molecule has 0 saturated carbocycles. The van der Waals surface area contributed by atoms with Crippen LogP contribution in [0.1, 0.15) is 44.0 Å². The highest BCUT2D eigenvalue weighted by Crippen LogP contribution is 2.28. The standard InChI is InChI=1S/C17H29N3O2S2/c1-14-10-15(2)13-20(12-14)24(21,22)18-11-16(17-6-5-9-23-17)19-7-3-4-8-19/h5-6,9,14-16,18H,3-4,7-8,10-13H2,1-2H3. The first-order valence-electron chi connectivity index (χ1n) is 8.98. The molecule has 1 aromatic rings. The zero-order valence-electron chi connectivity index (χ0n) is 14.6. The lowest BCUT2D eigenvalue weighted by Gasteiger charge is -2.35. The van der Waals surface area contributed by atoms with Crippen LogP contribution < -0.4 is 4.72 Å². The summed E-state index contributed by atoms with van der Waals surface area (Å²) in [6.45, 7) is 8.11. The van der Waals surface area contributed by atoms with Crippen molar-refractivity contribution in [3.63, 3.8) is 0 Å². The minimum Gasteiger partial charge on any atom is -0.294 e. The number of rotatable bonds is 6. The summed E-state index contributed by atoms with van der Waals surface area (Å²) in [5.41, 5.74) is 0. The number of piperidine rings is 1. The van der Waals surface area contributed by atoms with Gasteiger partial charge in [-0.3, -0.25) is 4.90 Å². The summed E-state index contributed by atoms with van der Waals surface area (Å²) in [6, 6.07) is 4.32. The highest BCUT2D eigenvalue weighted by atomic mass is 32.2. The van der Waals surface area contributed by atoms with E-state index in [1.54, 1.807) is 15.6 Å². The van der Waals surface area contributed by atoms with Crippen molar-refractivity contribution in [1.29, 1.82) is 0 Å². The molecule has 0 amide bonds. The Morgan fingerprint density at radius 2 is 1.92 bits per heavy atom. The average Bonchev–Trinajstić information content (AvgIpc) is 3.20.